The molecule has 2 atom stereocenters. The van der Waals surface area contributed by atoms with Crippen LogP contribution >= 0.6 is 0 Å². The van der Waals surface area contributed by atoms with Crippen molar-refractivity contribution in [1.29, 1.82) is 0 Å². The van der Waals surface area contributed by atoms with Gasteiger partial charge in [-0.1, -0.05) is 58.0 Å². The van der Waals surface area contributed by atoms with Crippen molar-refractivity contribution in [3.05, 3.63) is 41.6 Å². The zero-order chi connectivity index (χ0) is 26.6. The summed E-state index contributed by atoms with van der Waals surface area (Å²) in [5, 5.41) is 0. The highest BCUT2D eigenvalue weighted by Gasteiger charge is 2.65. The predicted octanol–water partition coefficient (Wildman–Crippen LogP) is 4.81. The summed E-state index contributed by atoms with van der Waals surface area (Å²) in [7, 11) is -3.58. The second-order valence-electron chi connectivity index (χ2n) is 12.1. The maximum absolute atomic E-state index is 13.8. The Kier molecular flexibility index (Phi) is 6.72. The lowest BCUT2D eigenvalue weighted by Crippen LogP contribution is -2.47. The quantitative estimate of drug-likeness (QED) is 0.539. The fourth-order valence-electron chi connectivity index (χ4n) is 7.09. The third-order valence-electron chi connectivity index (χ3n) is 9.44. The molecule has 0 radical (unpaired) electrons. The molecule has 0 amide bonds. The summed E-state index contributed by atoms with van der Waals surface area (Å²) in [6.45, 7) is 12.7. The first-order valence-corrected chi connectivity index (χ1v) is 15.3. The van der Waals surface area contributed by atoms with Crippen LogP contribution in [0.3, 0.4) is 0 Å². The number of carbonyl (C=O) groups excluding carboxylic acids is 1. The van der Waals surface area contributed by atoms with E-state index in [0.29, 0.717) is 50.6 Å². The number of aryl methyl sites for hydroxylation is 1. The summed E-state index contributed by atoms with van der Waals surface area (Å²) in [6, 6.07) is 9.99. The van der Waals surface area contributed by atoms with Gasteiger partial charge in [0.05, 0.1) is 5.75 Å². The molecule has 37 heavy (non-hydrogen) atoms. The van der Waals surface area contributed by atoms with E-state index in [1.165, 1.54) is 0 Å². The maximum atomic E-state index is 13.8. The van der Waals surface area contributed by atoms with Crippen LogP contribution in [-0.2, 0) is 14.8 Å². The van der Waals surface area contributed by atoms with Crippen LogP contribution in [0.4, 0.5) is 5.82 Å². The van der Waals surface area contributed by atoms with Gasteiger partial charge < -0.3 is 4.90 Å². The van der Waals surface area contributed by atoms with Gasteiger partial charge in [0.25, 0.3) is 0 Å². The standard InChI is InChI=1S/C29H40N4O3S/c1-20(2)25-21(3)30-26(22-10-7-6-8-11-22)31-27(25)32-14-9-15-33(17-16-32)37(35,36)19-29-13-12-23(18-24(29)34)28(29,4)5/h6-8,10-11,20,23H,9,12-19H2,1-5H3. The Morgan fingerprint density at radius 1 is 1.05 bits per heavy atom. The summed E-state index contributed by atoms with van der Waals surface area (Å²) in [6.07, 6.45) is 2.90. The topological polar surface area (TPSA) is 83.5 Å². The molecular formula is C29H40N4O3S. The molecule has 1 aromatic heterocycles. The number of nitrogens with zero attached hydrogens (tertiary/aromatic N) is 4. The van der Waals surface area contributed by atoms with Crippen LogP contribution in [0.2, 0.25) is 0 Å². The number of hydrogen-bond acceptors (Lipinski definition) is 6. The average molecular weight is 525 g/mol. The van der Waals surface area contributed by atoms with Crippen molar-refractivity contribution in [1.82, 2.24) is 14.3 Å². The van der Waals surface area contributed by atoms with Crippen molar-refractivity contribution in [2.45, 2.75) is 66.2 Å². The SMILES string of the molecule is Cc1nc(-c2ccccc2)nc(N2CCCN(S(=O)(=O)CC34CCC(CC3=O)C4(C)C)CC2)c1C(C)C. The molecule has 2 aliphatic carbocycles. The van der Waals surface area contributed by atoms with E-state index < -0.39 is 15.4 Å². The van der Waals surface area contributed by atoms with E-state index in [4.69, 9.17) is 9.97 Å². The molecule has 8 heteroatoms. The van der Waals surface area contributed by atoms with Gasteiger partial charge in [-0.2, -0.15) is 0 Å². The molecule has 2 aromatic rings. The summed E-state index contributed by atoms with van der Waals surface area (Å²) in [5.41, 5.74) is 2.06. The molecule has 2 saturated carbocycles. The number of carbonyl (C=O) groups is 1. The lowest BCUT2D eigenvalue weighted by Gasteiger charge is -2.37. The first-order chi connectivity index (χ1) is 17.5. The van der Waals surface area contributed by atoms with E-state index in [1.54, 1.807) is 4.31 Å². The monoisotopic (exact) mass is 524 g/mol. The van der Waals surface area contributed by atoms with Crippen molar-refractivity contribution < 1.29 is 13.2 Å². The van der Waals surface area contributed by atoms with Gasteiger partial charge in [-0.15, -0.1) is 0 Å². The highest BCUT2D eigenvalue weighted by atomic mass is 32.2. The number of anilines is 1. The van der Waals surface area contributed by atoms with Crippen LogP contribution < -0.4 is 4.90 Å². The number of Topliss-reactive ketones (excluding diaryl/α,β-unsaturated/α-hetero) is 1. The van der Waals surface area contributed by atoms with Gasteiger partial charge in [0, 0.05) is 54.8 Å². The van der Waals surface area contributed by atoms with Crippen LogP contribution in [-0.4, -0.2) is 60.4 Å². The molecule has 1 saturated heterocycles. The second kappa shape index (κ2) is 9.45. The molecule has 0 N–H and O–H groups in total. The minimum atomic E-state index is -3.58. The van der Waals surface area contributed by atoms with Crippen LogP contribution in [0.25, 0.3) is 11.4 Å². The molecular weight excluding hydrogens is 484 g/mol. The van der Waals surface area contributed by atoms with Gasteiger partial charge in [-0.25, -0.2) is 22.7 Å². The smallest absolute Gasteiger partial charge is 0.215 e. The fraction of sp³-hybridized carbons (Fsp3) is 0.621. The zero-order valence-corrected chi connectivity index (χ0v) is 23.6. The number of sulfonamides is 1. The van der Waals surface area contributed by atoms with E-state index in [0.717, 1.165) is 35.6 Å². The Balaban J connectivity index is 1.40. The third kappa shape index (κ3) is 4.40. The summed E-state index contributed by atoms with van der Waals surface area (Å²) >= 11 is 0. The van der Waals surface area contributed by atoms with Crippen molar-refractivity contribution in [3.63, 3.8) is 0 Å². The molecule has 3 fully saturated rings. The Labute approximate surface area is 221 Å². The van der Waals surface area contributed by atoms with Gasteiger partial charge in [0.2, 0.25) is 10.0 Å². The number of hydrogen-bond donors (Lipinski definition) is 0. The van der Waals surface area contributed by atoms with E-state index in [9.17, 15) is 13.2 Å². The normalized spacial score (nSPS) is 26.2. The first kappa shape index (κ1) is 26.3. The zero-order valence-electron chi connectivity index (χ0n) is 22.8. The Bertz CT molecular complexity index is 1290. The number of benzene rings is 1. The van der Waals surface area contributed by atoms with E-state index in [2.05, 4.69) is 32.6 Å². The largest absolute Gasteiger partial charge is 0.355 e. The molecule has 0 spiro atoms. The van der Waals surface area contributed by atoms with Crippen molar-refractivity contribution in [3.8, 4) is 11.4 Å². The highest BCUT2D eigenvalue weighted by molar-refractivity contribution is 7.89. The molecule has 3 aliphatic rings. The van der Waals surface area contributed by atoms with Crippen LogP contribution in [0, 0.1) is 23.7 Å². The molecule has 1 aliphatic heterocycles. The highest BCUT2D eigenvalue weighted by Crippen LogP contribution is 2.64. The fourth-order valence-corrected chi connectivity index (χ4v) is 9.34. The summed E-state index contributed by atoms with van der Waals surface area (Å²) in [4.78, 5) is 25.1. The molecule has 2 bridgehead atoms. The minimum absolute atomic E-state index is 0.0512. The Hall–Kier alpha value is -2.32. The number of ketones is 1. The Morgan fingerprint density at radius 3 is 2.41 bits per heavy atom. The van der Waals surface area contributed by atoms with Crippen molar-refractivity contribution in [2.24, 2.45) is 16.7 Å². The lowest BCUT2D eigenvalue weighted by atomic mass is 9.70. The molecule has 2 unspecified atom stereocenters. The second-order valence-corrected chi connectivity index (χ2v) is 14.0. The van der Waals surface area contributed by atoms with Gasteiger partial charge in [-0.05, 0) is 43.4 Å². The van der Waals surface area contributed by atoms with E-state index in [1.807, 2.05) is 37.3 Å². The molecule has 5 rings (SSSR count). The summed E-state index contributed by atoms with van der Waals surface area (Å²) in [5.74, 6) is 2.26. The van der Waals surface area contributed by atoms with Gasteiger partial charge >= 0.3 is 0 Å². The number of fused-ring (bicyclic) bond motifs is 2. The molecule has 2 heterocycles. The number of aromatic nitrogens is 2. The molecule has 7 nitrogen and oxygen atoms in total. The van der Waals surface area contributed by atoms with Gasteiger partial charge in [0.1, 0.15) is 11.6 Å². The molecule has 200 valence electrons. The Morgan fingerprint density at radius 2 is 1.78 bits per heavy atom. The first-order valence-electron chi connectivity index (χ1n) is 13.7. The average Bonchev–Trinajstić information content (AvgIpc) is 3.06. The predicted molar refractivity (Wildman–Crippen MR) is 147 cm³/mol. The van der Waals surface area contributed by atoms with Gasteiger partial charge in [-0.3, -0.25) is 4.79 Å². The minimum Gasteiger partial charge on any atom is -0.355 e. The van der Waals surface area contributed by atoms with Crippen LogP contribution in [0.5, 0.6) is 0 Å². The molecule has 1 aromatic carbocycles. The van der Waals surface area contributed by atoms with Crippen LogP contribution in [0.15, 0.2) is 30.3 Å². The maximum Gasteiger partial charge on any atom is 0.215 e. The van der Waals surface area contributed by atoms with Crippen molar-refractivity contribution in [2.75, 3.05) is 36.8 Å². The third-order valence-corrected chi connectivity index (χ3v) is 11.5. The van der Waals surface area contributed by atoms with E-state index >= 15 is 0 Å². The summed E-state index contributed by atoms with van der Waals surface area (Å²) < 4.78 is 29.1. The van der Waals surface area contributed by atoms with Crippen molar-refractivity contribution >= 4 is 21.6 Å². The number of rotatable bonds is 6. The van der Waals surface area contributed by atoms with E-state index in [-0.39, 0.29) is 22.9 Å². The van der Waals surface area contributed by atoms with Gasteiger partial charge in [0.15, 0.2) is 5.82 Å². The lowest BCUT2D eigenvalue weighted by molar-refractivity contribution is -0.128. The van der Waals surface area contributed by atoms with Crippen LogP contribution in [0.1, 0.15) is 70.6 Å².